The minimum absolute atomic E-state index is 0.0634. The number of unbranched alkanes of at least 4 members (excludes halogenated alkanes) is 1. The first-order valence-corrected chi connectivity index (χ1v) is 10.6. The highest BCUT2D eigenvalue weighted by Gasteiger charge is 2.30. The van der Waals surface area contributed by atoms with E-state index in [4.69, 9.17) is 9.47 Å². The van der Waals surface area contributed by atoms with Gasteiger partial charge in [-0.05, 0) is 74.5 Å². The Bertz CT molecular complexity index is 840. The Kier molecular flexibility index (Phi) is 5.96. The molecule has 1 unspecified atom stereocenters. The second kappa shape index (κ2) is 8.78. The van der Waals surface area contributed by atoms with Crippen LogP contribution in [0.5, 0.6) is 11.5 Å². The van der Waals surface area contributed by atoms with Crippen molar-refractivity contribution in [3.63, 3.8) is 0 Å². The number of carbonyl (C=O) groups excluding carboxylic acids is 1. The number of ether oxygens (including phenoxy) is 2. The molecule has 1 atom stereocenters. The molecule has 1 saturated heterocycles. The molecule has 1 aliphatic heterocycles. The Morgan fingerprint density at radius 1 is 1.04 bits per heavy atom. The van der Waals surface area contributed by atoms with Crippen molar-refractivity contribution in [2.24, 2.45) is 5.92 Å². The van der Waals surface area contributed by atoms with Gasteiger partial charge in [0.1, 0.15) is 11.5 Å². The van der Waals surface area contributed by atoms with E-state index in [1.165, 1.54) is 12.8 Å². The summed E-state index contributed by atoms with van der Waals surface area (Å²) in [5.74, 6) is 2.42. The third kappa shape index (κ3) is 3.93. The van der Waals surface area contributed by atoms with E-state index in [0.29, 0.717) is 13.2 Å². The molecule has 0 amide bonds. The summed E-state index contributed by atoms with van der Waals surface area (Å²) < 4.78 is 11.9. The molecule has 28 heavy (non-hydrogen) atoms. The minimum Gasteiger partial charge on any atom is -0.494 e. The van der Waals surface area contributed by atoms with Crippen molar-refractivity contribution < 1.29 is 14.3 Å². The first kappa shape index (κ1) is 19.0. The van der Waals surface area contributed by atoms with E-state index in [9.17, 15) is 4.79 Å². The van der Waals surface area contributed by atoms with Crippen molar-refractivity contribution in [1.82, 2.24) is 5.32 Å². The smallest absolute Gasteiger partial charge is 0.194 e. The SMILES string of the molecule is CCCCOc1ccc2c(c1)C(=O)c1cccc(OCCCC3CCNC3)c1-2. The molecular weight excluding hydrogens is 350 g/mol. The van der Waals surface area contributed by atoms with Crippen LogP contribution >= 0.6 is 0 Å². The van der Waals surface area contributed by atoms with Gasteiger partial charge in [0.25, 0.3) is 0 Å². The second-order valence-electron chi connectivity index (χ2n) is 7.77. The fraction of sp³-hybridized carbons (Fsp3) is 0.458. The predicted octanol–water partition coefficient (Wildman–Crippen LogP) is 4.85. The van der Waals surface area contributed by atoms with E-state index in [1.807, 2.05) is 36.4 Å². The van der Waals surface area contributed by atoms with E-state index in [-0.39, 0.29) is 5.78 Å². The Hall–Kier alpha value is -2.33. The van der Waals surface area contributed by atoms with Crippen LogP contribution in [0.4, 0.5) is 0 Å². The van der Waals surface area contributed by atoms with Crippen LogP contribution in [0.1, 0.15) is 54.9 Å². The average Bonchev–Trinajstić information content (AvgIpc) is 3.33. The number of fused-ring (bicyclic) bond motifs is 3. The molecule has 2 aromatic rings. The summed E-state index contributed by atoms with van der Waals surface area (Å²) in [6.45, 7) is 5.78. The number of hydrogen-bond acceptors (Lipinski definition) is 4. The van der Waals surface area contributed by atoms with Crippen LogP contribution in [-0.4, -0.2) is 32.1 Å². The van der Waals surface area contributed by atoms with Crippen molar-refractivity contribution in [3.8, 4) is 22.6 Å². The van der Waals surface area contributed by atoms with Crippen LogP contribution < -0.4 is 14.8 Å². The van der Waals surface area contributed by atoms with Gasteiger partial charge in [0, 0.05) is 16.7 Å². The molecule has 0 aromatic heterocycles. The lowest BCUT2D eigenvalue weighted by Gasteiger charge is -2.13. The Morgan fingerprint density at radius 3 is 2.75 bits per heavy atom. The van der Waals surface area contributed by atoms with E-state index in [1.54, 1.807) is 0 Å². The van der Waals surface area contributed by atoms with E-state index < -0.39 is 0 Å². The van der Waals surface area contributed by atoms with Crippen molar-refractivity contribution >= 4 is 5.78 Å². The van der Waals surface area contributed by atoms with Gasteiger partial charge in [-0.3, -0.25) is 4.79 Å². The molecule has 1 aliphatic carbocycles. The summed E-state index contributed by atoms with van der Waals surface area (Å²) in [6.07, 6.45) is 5.61. The van der Waals surface area contributed by atoms with E-state index in [0.717, 1.165) is 72.0 Å². The van der Waals surface area contributed by atoms with Crippen molar-refractivity contribution in [3.05, 3.63) is 47.5 Å². The summed E-state index contributed by atoms with van der Waals surface area (Å²) >= 11 is 0. The Morgan fingerprint density at radius 2 is 1.93 bits per heavy atom. The van der Waals surface area contributed by atoms with Crippen LogP contribution in [0.3, 0.4) is 0 Å². The molecule has 0 radical (unpaired) electrons. The zero-order chi connectivity index (χ0) is 19.3. The average molecular weight is 380 g/mol. The molecule has 1 fully saturated rings. The largest absolute Gasteiger partial charge is 0.494 e. The van der Waals surface area contributed by atoms with Gasteiger partial charge in [0.2, 0.25) is 0 Å². The molecule has 0 spiro atoms. The highest BCUT2D eigenvalue weighted by Crippen LogP contribution is 2.43. The molecule has 0 bridgehead atoms. The maximum absolute atomic E-state index is 12.9. The fourth-order valence-corrected chi connectivity index (χ4v) is 4.13. The summed E-state index contributed by atoms with van der Waals surface area (Å²) in [4.78, 5) is 12.9. The Labute approximate surface area is 167 Å². The number of carbonyl (C=O) groups is 1. The first-order valence-electron chi connectivity index (χ1n) is 10.6. The molecule has 4 rings (SSSR count). The number of hydrogen-bond donors (Lipinski definition) is 1. The van der Waals surface area contributed by atoms with Crippen LogP contribution in [0.25, 0.3) is 11.1 Å². The molecule has 1 heterocycles. The molecule has 0 saturated carbocycles. The molecular formula is C24H29NO3. The summed E-state index contributed by atoms with van der Waals surface area (Å²) in [5.41, 5.74) is 3.35. The second-order valence-corrected chi connectivity index (χ2v) is 7.77. The molecule has 4 heteroatoms. The van der Waals surface area contributed by atoms with E-state index >= 15 is 0 Å². The number of benzene rings is 2. The lowest BCUT2D eigenvalue weighted by atomic mass is 10.0. The summed E-state index contributed by atoms with van der Waals surface area (Å²) in [5, 5.41) is 3.41. The number of rotatable bonds is 9. The van der Waals surface area contributed by atoms with Gasteiger partial charge in [0.15, 0.2) is 5.78 Å². The lowest BCUT2D eigenvalue weighted by molar-refractivity contribution is 0.104. The molecule has 1 N–H and O–H groups in total. The molecule has 2 aromatic carbocycles. The summed E-state index contributed by atoms with van der Waals surface area (Å²) in [6, 6.07) is 11.6. The highest BCUT2D eigenvalue weighted by molar-refractivity contribution is 6.22. The zero-order valence-electron chi connectivity index (χ0n) is 16.6. The van der Waals surface area contributed by atoms with Gasteiger partial charge in [-0.1, -0.05) is 25.5 Å². The minimum atomic E-state index is 0.0634. The van der Waals surface area contributed by atoms with Gasteiger partial charge in [0.05, 0.1) is 13.2 Å². The normalized spacial score (nSPS) is 17.5. The third-order valence-electron chi connectivity index (χ3n) is 5.72. The van der Waals surface area contributed by atoms with Crippen LogP contribution in [-0.2, 0) is 0 Å². The van der Waals surface area contributed by atoms with Gasteiger partial charge < -0.3 is 14.8 Å². The van der Waals surface area contributed by atoms with Crippen molar-refractivity contribution in [2.45, 2.75) is 39.0 Å². The highest BCUT2D eigenvalue weighted by atomic mass is 16.5. The Balaban J connectivity index is 1.47. The van der Waals surface area contributed by atoms with Crippen molar-refractivity contribution in [1.29, 1.82) is 0 Å². The maximum Gasteiger partial charge on any atom is 0.194 e. The van der Waals surface area contributed by atoms with Crippen molar-refractivity contribution in [2.75, 3.05) is 26.3 Å². The maximum atomic E-state index is 12.9. The van der Waals surface area contributed by atoms with Crippen LogP contribution in [0, 0.1) is 5.92 Å². The van der Waals surface area contributed by atoms with Gasteiger partial charge in [-0.2, -0.15) is 0 Å². The molecule has 148 valence electrons. The molecule has 2 aliphatic rings. The quantitative estimate of drug-likeness (QED) is 0.540. The van der Waals surface area contributed by atoms with E-state index in [2.05, 4.69) is 12.2 Å². The zero-order valence-corrected chi connectivity index (χ0v) is 16.6. The standard InChI is InChI=1S/C24H29NO3/c1-2-3-13-27-18-9-10-19-21(15-18)24(26)20-7-4-8-22(23(19)20)28-14-5-6-17-11-12-25-16-17/h4,7-10,15,17,25H,2-3,5-6,11-14,16H2,1H3. The third-order valence-corrected chi connectivity index (χ3v) is 5.72. The topological polar surface area (TPSA) is 47.6 Å². The molecule has 4 nitrogen and oxygen atoms in total. The number of ketones is 1. The number of nitrogens with one attached hydrogen (secondary N) is 1. The first-order chi connectivity index (χ1) is 13.8. The van der Waals surface area contributed by atoms with Gasteiger partial charge in [-0.25, -0.2) is 0 Å². The summed E-state index contributed by atoms with van der Waals surface area (Å²) in [7, 11) is 0. The van der Waals surface area contributed by atoms with Crippen LogP contribution in [0.2, 0.25) is 0 Å². The van der Waals surface area contributed by atoms with Gasteiger partial charge in [-0.15, -0.1) is 0 Å². The lowest BCUT2D eigenvalue weighted by Crippen LogP contribution is -2.10. The van der Waals surface area contributed by atoms with Gasteiger partial charge >= 0.3 is 0 Å². The predicted molar refractivity (Wildman–Crippen MR) is 111 cm³/mol. The monoisotopic (exact) mass is 379 g/mol. The fourth-order valence-electron chi connectivity index (χ4n) is 4.13. The van der Waals surface area contributed by atoms with Crippen LogP contribution in [0.15, 0.2) is 36.4 Å².